The van der Waals surface area contributed by atoms with Gasteiger partial charge in [-0.05, 0) is 35.9 Å². The van der Waals surface area contributed by atoms with E-state index in [0.717, 1.165) is 31.0 Å². The molecule has 0 aliphatic carbocycles. The van der Waals surface area contributed by atoms with E-state index in [2.05, 4.69) is 41.5 Å². The lowest BCUT2D eigenvalue weighted by atomic mass is 10.2. The SMILES string of the molecule is COCCO[Si](CCC(C)C)(CCC(C)C)CCC(C)C. The van der Waals surface area contributed by atoms with Gasteiger partial charge in [0.15, 0.2) is 8.32 Å². The zero-order chi connectivity index (χ0) is 16.3. The average molecular weight is 317 g/mol. The van der Waals surface area contributed by atoms with Gasteiger partial charge < -0.3 is 9.16 Å². The maximum atomic E-state index is 6.54. The summed E-state index contributed by atoms with van der Waals surface area (Å²) in [5, 5.41) is 0. The van der Waals surface area contributed by atoms with Crippen molar-refractivity contribution in [1.82, 2.24) is 0 Å². The molecule has 0 atom stereocenters. The third-order valence-electron chi connectivity index (χ3n) is 4.23. The Bertz CT molecular complexity index is 208. The molecule has 3 heteroatoms. The molecule has 0 radical (unpaired) electrons. The molecule has 0 aromatic heterocycles. The summed E-state index contributed by atoms with van der Waals surface area (Å²) in [5.74, 6) is 2.34. The van der Waals surface area contributed by atoms with E-state index < -0.39 is 8.32 Å². The predicted octanol–water partition coefficient (Wildman–Crippen LogP) is 5.73. The lowest BCUT2D eigenvalue weighted by molar-refractivity contribution is 0.139. The lowest BCUT2D eigenvalue weighted by Crippen LogP contribution is -2.40. The van der Waals surface area contributed by atoms with Gasteiger partial charge in [0.25, 0.3) is 0 Å². The Morgan fingerprint density at radius 2 is 1.05 bits per heavy atom. The van der Waals surface area contributed by atoms with E-state index in [1.165, 1.54) is 37.4 Å². The topological polar surface area (TPSA) is 18.5 Å². The molecule has 0 spiro atoms. The van der Waals surface area contributed by atoms with E-state index in [1.807, 2.05) is 0 Å². The monoisotopic (exact) mass is 316 g/mol. The molecule has 0 N–H and O–H groups in total. The number of ether oxygens (including phenoxy) is 1. The quantitative estimate of drug-likeness (QED) is 0.319. The first-order valence-electron chi connectivity index (χ1n) is 8.94. The van der Waals surface area contributed by atoms with Gasteiger partial charge in [0.2, 0.25) is 0 Å². The molecule has 0 aromatic carbocycles. The van der Waals surface area contributed by atoms with Crippen LogP contribution in [0.4, 0.5) is 0 Å². The van der Waals surface area contributed by atoms with Crippen molar-refractivity contribution in [2.24, 2.45) is 17.8 Å². The average Bonchev–Trinajstić information content (AvgIpc) is 2.40. The van der Waals surface area contributed by atoms with Gasteiger partial charge >= 0.3 is 0 Å². The highest BCUT2D eigenvalue weighted by atomic mass is 28.4. The highest BCUT2D eigenvalue weighted by Gasteiger charge is 2.34. The molecule has 2 nitrogen and oxygen atoms in total. The summed E-state index contributed by atoms with van der Waals surface area (Å²) in [5.41, 5.74) is 0. The van der Waals surface area contributed by atoms with Crippen LogP contribution in [0.3, 0.4) is 0 Å². The molecule has 0 aliphatic heterocycles. The zero-order valence-corrected chi connectivity index (χ0v) is 16.7. The minimum atomic E-state index is -1.60. The van der Waals surface area contributed by atoms with Gasteiger partial charge in [-0.25, -0.2) is 0 Å². The van der Waals surface area contributed by atoms with Crippen LogP contribution in [0.2, 0.25) is 18.1 Å². The molecule has 0 aromatic rings. The Morgan fingerprint density at radius 1 is 0.667 bits per heavy atom. The van der Waals surface area contributed by atoms with Gasteiger partial charge in [0.1, 0.15) is 0 Å². The van der Waals surface area contributed by atoms with E-state index in [0.29, 0.717) is 0 Å². The summed E-state index contributed by atoms with van der Waals surface area (Å²) in [6.07, 6.45) is 3.94. The first-order chi connectivity index (χ1) is 9.81. The molecule has 0 heterocycles. The highest BCUT2D eigenvalue weighted by Crippen LogP contribution is 2.32. The van der Waals surface area contributed by atoms with E-state index in [9.17, 15) is 0 Å². The van der Waals surface area contributed by atoms with E-state index >= 15 is 0 Å². The predicted molar refractivity (Wildman–Crippen MR) is 96.4 cm³/mol. The Balaban J connectivity index is 4.77. The summed E-state index contributed by atoms with van der Waals surface area (Å²) in [7, 11) is 0.166. The molecular weight excluding hydrogens is 276 g/mol. The van der Waals surface area contributed by atoms with Crippen molar-refractivity contribution in [3.05, 3.63) is 0 Å². The molecule has 0 saturated carbocycles. The fraction of sp³-hybridized carbons (Fsp3) is 1.00. The first kappa shape index (κ1) is 21.1. The second kappa shape index (κ2) is 11.7. The van der Waals surface area contributed by atoms with Crippen molar-refractivity contribution < 1.29 is 9.16 Å². The van der Waals surface area contributed by atoms with E-state index in [4.69, 9.17) is 9.16 Å². The maximum absolute atomic E-state index is 6.54. The van der Waals surface area contributed by atoms with Gasteiger partial charge in [-0.15, -0.1) is 0 Å². The summed E-state index contributed by atoms with van der Waals surface area (Å²) in [6, 6.07) is 3.98. The zero-order valence-electron chi connectivity index (χ0n) is 15.7. The van der Waals surface area contributed by atoms with Crippen LogP contribution < -0.4 is 0 Å². The van der Waals surface area contributed by atoms with Gasteiger partial charge in [0, 0.05) is 7.11 Å². The van der Waals surface area contributed by atoms with Crippen LogP contribution in [0.25, 0.3) is 0 Å². The molecular formula is C18H40O2Si. The van der Waals surface area contributed by atoms with Crippen molar-refractivity contribution >= 4 is 8.32 Å². The third kappa shape index (κ3) is 11.4. The fourth-order valence-corrected chi connectivity index (χ4v) is 7.60. The normalized spacial score (nSPS) is 12.9. The molecule has 0 aliphatic rings. The van der Waals surface area contributed by atoms with Crippen molar-refractivity contribution in [3.63, 3.8) is 0 Å². The van der Waals surface area contributed by atoms with Crippen molar-refractivity contribution in [3.8, 4) is 0 Å². The molecule has 0 bridgehead atoms. The molecule has 0 saturated heterocycles. The van der Waals surface area contributed by atoms with Gasteiger partial charge in [-0.1, -0.05) is 60.8 Å². The summed E-state index contributed by atoms with van der Waals surface area (Å²) in [6.45, 7) is 15.5. The second-order valence-corrected chi connectivity index (χ2v) is 12.0. The van der Waals surface area contributed by atoms with Gasteiger partial charge in [-0.3, -0.25) is 0 Å². The van der Waals surface area contributed by atoms with Crippen LogP contribution in [-0.2, 0) is 9.16 Å². The van der Waals surface area contributed by atoms with Crippen molar-refractivity contribution in [2.45, 2.75) is 78.9 Å². The minimum absolute atomic E-state index is 0.736. The number of methoxy groups -OCH3 is 1. The minimum Gasteiger partial charge on any atom is -0.414 e. The third-order valence-corrected chi connectivity index (χ3v) is 8.64. The Labute approximate surface area is 135 Å². The van der Waals surface area contributed by atoms with Crippen molar-refractivity contribution in [1.29, 1.82) is 0 Å². The number of rotatable bonds is 13. The Kier molecular flexibility index (Phi) is 11.7. The van der Waals surface area contributed by atoms with Crippen LogP contribution in [0.5, 0.6) is 0 Å². The van der Waals surface area contributed by atoms with Gasteiger partial charge in [-0.2, -0.15) is 0 Å². The molecule has 128 valence electrons. The molecule has 0 unspecified atom stereocenters. The van der Waals surface area contributed by atoms with Crippen LogP contribution in [0.15, 0.2) is 0 Å². The Hall–Kier alpha value is 0.137. The Morgan fingerprint density at radius 3 is 1.33 bits per heavy atom. The van der Waals surface area contributed by atoms with E-state index in [1.54, 1.807) is 7.11 Å². The summed E-state index contributed by atoms with van der Waals surface area (Å²) in [4.78, 5) is 0. The fourth-order valence-electron chi connectivity index (χ4n) is 2.59. The van der Waals surface area contributed by atoms with Crippen LogP contribution >= 0.6 is 0 Å². The number of hydrogen-bond donors (Lipinski definition) is 0. The maximum Gasteiger partial charge on any atom is 0.192 e. The molecule has 0 fully saturated rings. The van der Waals surface area contributed by atoms with Crippen LogP contribution in [0.1, 0.15) is 60.8 Å². The smallest absolute Gasteiger partial charge is 0.192 e. The van der Waals surface area contributed by atoms with Crippen LogP contribution in [-0.4, -0.2) is 28.6 Å². The van der Waals surface area contributed by atoms with Crippen molar-refractivity contribution in [2.75, 3.05) is 20.3 Å². The summed E-state index contributed by atoms with van der Waals surface area (Å²) < 4.78 is 11.7. The van der Waals surface area contributed by atoms with E-state index in [-0.39, 0.29) is 0 Å². The first-order valence-corrected chi connectivity index (χ1v) is 11.5. The molecule has 0 rings (SSSR count). The molecule has 0 amide bonds. The number of hydrogen-bond acceptors (Lipinski definition) is 2. The van der Waals surface area contributed by atoms with Gasteiger partial charge in [0.05, 0.1) is 13.2 Å². The molecule has 21 heavy (non-hydrogen) atoms. The lowest BCUT2D eigenvalue weighted by Gasteiger charge is -2.33. The summed E-state index contributed by atoms with van der Waals surface area (Å²) >= 11 is 0. The second-order valence-electron chi connectivity index (χ2n) is 7.82. The highest BCUT2D eigenvalue weighted by molar-refractivity contribution is 6.73. The standard InChI is InChI=1S/C18H40O2Si/c1-16(2)8-13-21(14-9-17(3)4,15-10-18(5)6)20-12-11-19-7/h16-18H,8-15H2,1-7H3. The van der Waals surface area contributed by atoms with Crippen LogP contribution in [0, 0.1) is 17.8 Å². The largest absolute Gasteiger partial charge is 0.414 e.